The maximum atomic E-state index is 13.3. The standard InChI is InChI=1S/C25H22N3O3/c1-28(16-29)15-19-11-18(10-17-6-3-2-4-7-17)12-21(13-19)24(30)23-25(31)22-20(14-27-23)8-5-9-26-22/h2-9,11-14,31H,10,15-16H2,1H3/q-1. The number of hydrogen-bond acceptors (Lipinski definition) is 6. The Morgan fingerprint density at radius 3 is 2.55 bits per heavy atom. The van der Waals surface area contributed by atoms with Gasteiger partial charge in [-0.15, -0.1) is 0 Å². The lowest BCUT2D eigenvalue weighted by Crippen LogP contribution is -2.28. The molecule has 0 saturated carbocycles. The van der Waals surface area contributed by atoms with Crippen LogP contribution in [0.4, 0.5) is 0 Å². The van der Waals surface area contributed by atoms with Crippen LogP contribution in [0.3, 0.4) is 0 Å². The number of nitrogens with zero attached hydrogens (tertiary/aromatic N) is 3. The fourth-order valence-corrected chi connectivity index (χ4v) is 3.61. The maximum Gasteiger partial charge on any atom is 0.215 e. The van der Waals surface area contributed by atoms with Crippen LogP contribution >= 0.6 is 0 Å². The van der Waals surface area contributed by atoms with E-state index in [-0.39, 0.29) is 24.0 Å². The molecule has 0 amide bonds. The number of aromatic hydroxyl groups is 1. The molecule has 31 heavy (non-hydrogen) atoms. The summed E-state index contributed by atoms with van der Waals surface area (Å²) in [5.41, 5.74) is 3.64. The molecule has 0 aliphatic rings. The highest BCUT2D eigenvalue weighted by molar-refractivity contribution is 6.11. The SMILES string of the molecule is CN(C[O-])Cc1cc(Cc2ccccc2)cc(C(=O)c2ncc3cccnc3c2O)c1. The van der Waals surface area contributed by atoms with Crippen molar-refractivity contribution in [2.75, 3.05) is 13.8 Å². The number of ketones is 1. The molecule has 2 aromatic heterocycles. The van der Waals surface area contributed by atoms with E-state index in [1.807, 2.05) is 42.5 Å². The van der Waals surface area contributed by atoms with Crippen LogP contribution in [0.2, 0.25) is 0 Å². The van der Waals surface area contributed by atoms with Crippen molar-refractivity contribution in [2.45, 2.75) is 13.0 Å². The summed E-state index contributed by atoms with van der Waals surface area (Å²) >= 11 is 0. The van der Waals surface area contributed by atoms with Gasteiger partial charge < -0.3 is 15.1 Å². The van der Waals surface area contributed by atoms with E-state index in [4.69, 9.17) is 0 Å². The van der Waals surface area contributed by atoms with E-state index >= 15 is 0 Å². The summed E-state index contributed by atoms with van der Waals surface area (Å²) in [6.07, 6.45) is 3.75. The molecule has 0 atom stereocenters. The van der Waals surface area contributed by atoms with Crippen molar-refractivity contribution in [1.29, 1.82) is 0 Å². The first-order valence-corrected chi connectivity index (χ1v) is 9.96. The first-order chi connectivity index (χ1) is 15.0. The van der Waals surface area contributed by atoms with Crippen molar-refractivity contribution in [1.82, 2.24) is 14.9 Å². The Kier molecular flexibility index (Phi) is 6.02. The highest BCUT2D eigenvalue weighted by Gasteiger charge is 2.19. The van der Waals surface area contributed by atoms with Gasteiger partial charge in [-0.2, -0.15) is 0 Å². The summed E-state index contributed by atoms with van der Waals surface area (Å²) < 4.78 is 0. The minimum absolute atomic E-state index is 0.0359. The van der Waals surface area contributed by atoms with Crippen molar-refractivity contribution in [2.24, 2.45) is 0 Å². The Hall–Kier alpha value is -3.61. The smallest absolute Gasteiger partial charge is 0.215 e. The molecule has 2 aromatic carbocycles. The molecular formula is C25H22N3O3-. The normalized spacial score (nSPS) is 11.2. The highest BCUT2D eigenvalue weighted by atomic mass is 16.3. The minimum Gasteiger partial charge on any atom is -0.843 e. The molecule has 0 unspecified atom stereocenters. The van der Waals surface area contributed by atoms with Gasteiger partial charge in [-0.3, -0.25) is 9.78 Å². The van der Waals surface area contributed by atoms with E-state index in [1.165, 1.54) is 6.20 Å². The van der Waals surface area contributed by atoms with Crippen LogP contribution in [0.5, 0.6) is 5.75 Å². The molecule has 0 bridgehead atoms. The van der Waals surface area contributed by atoms with Gasteiger partial charge in [-0.25, -0.2) is 4.98 Å². The molecule has 2 heterocycles. The fourth-order valence-electron chi connectivity index (χ4n) is 3.61. The van der Waals surface area contributed by atoms with Crippen molar-refractivity contribution < 1.29 is 15.0 Å². The number of hydrogen-bond donors (Lipinski definition) is 1. The Labute approximate surface area is 180 Å². The van der Waals surface area contributed by atoms with Crippen LogP contribution in [0.15, 0.2) is 73.1 Å². The average molecular weight is 412 g/mol. The number of aromatic nitrogens is 2. The number of rotatable bonds is 7. The lowest BCUT2D eigenvalue weighted by molar-refractivity contribution is -0.399. The summed E-state index contributed by atoms with van der Waals surface area (Å²) in [6, 6.07) is 19.1. The third kappa shape index (κ3) is 4.60. The number of benzene rings is 2. The van der Waals surface area contributed by atoms with E-state index < -0.39 is 0 Å². The topological polar surface area (TPSA) is 89.4 Å². The van der Waals surface area contributed by atoms with Gasteiger partial charge in [-0.1, -0.05) is 43.1 Å². The molecule has 156 valence electrons. The molecule has 1 N–H and O–H groups in total. The maximum absolute atomic E-state index is 13.3. The van der Waals surface area contributed by atoms with E-state index in [2.05, 4.69) is 9.97 Å². The third-order valence-electron chi connectivity index (χ3n) is 5.07. The molecule has 0 aliphatic heterocycles. The van der Waals surface area contributed by atoms with E-state index in [9.17, 15) is 15.0 Å². The zero-order chi connectivity index (χ0) is 21.8. The highest BCUT2D eigenvalue weighted by Crippen LogP contribution is 2.27. The monoisotopic (exact) mass is 412 g/mol. The predicted octanol–water partition coefficient (Wildman–Crippen LogP) is 2.91. The van der Waals surface area contributed by atoms with Gasteiger partial charge in [0.25, 0.3) is 0 Å². The average Bonchev–Trinajstić information content (AvgIpc) is 2.79. The minimum atomic E-state index is -0.383. The van der Waals surface area contributed by atoms with E-state index in [1.54, 1.807) is 36.3 Å². The van der Waals surface area contributed by atoms with E-state index in [0.29, 0.717) is 29.4 Å². The van der Waals surface area contributed by atoms with Crippen LogP contribution in [0, 0.1) is 0 Å². The van der Waals surface area contributed by atoms with Gasteiger partial charge in [-0.05, 0) is 54.4 Å². The Morgan fingerprint density at radius 1 is 1.00 bits per heavy atom. The summed E-state index contributed by atoms with van der Waals surface area (Å²) in [6.45, 7) is 0.0793. The van der Waals surface area contributed by atoms with Crippen LogP contribution in [-0.2, 0) is 13.0 Å². The van der Waals surface area contributed by atoms with Crippen molar-refractivity contribution in [3.05, 3.63) is 101 Å². The molecule has 4 aromatic rings. The fraction of sp³-hybridized carbons (Fsp3) is 0.160. The lowest BCUT2D eigenvalue weighted by Gasteiger charge is -2.20. The summed E-state index contributed by atoms with van der Waals surface area (Å²) in [4.78, 5) is 23.3. The third-order valence-corrected chi connectivity index (χ3v) is 5.07. The Morgan fingerprint density at radius 2 is 1.77 bits per heavy atom. The molecule has 6 nitrogen and oxygen atoms in total. The predicted molar refractivity (Wildman–Crippen MR) is 117 cm³/mol. The van der Waals surface area contributed by atoms with Crippen LogP contribution < -0.4 is 5.11 Å². The molecule has 0 saturated heterocycles. The van der Waals surface area contributed by atoms with Crippen molar-refractivity contribution in [3.8, 4) is 5.75 Å². The van der Waals surface area contributed by atoms with Crippen molar-refractivity contribution in [3.63, 3.8) is 0 Å². The lowest BCUT2D eigenvalue weighted by atomic mass is 9.96. The van der Waals surface area contributed by atoms with Crippen LogP contribution in [0.1, 0.15) is 32.7 Å². The second-order valence-corrected chi connectivity index (χ2v) is 7.57. The zero-order valence-corrected chi connectivity index (χ0v) is 17.2. The molecule has 0 fully saturated rings. The summed E-state index contributed by atoms with van der Waals surface area (Å²) in [7, 11) is 1.74. The van der Waals surface area contributed by atoms with Crippen molar-refractivity contribution >= 4 is 16.7 Å². The van der Waals surface area contributed by atoms with Gasteiger partial charge in [0, 0.05) is 29.9 Å². The molecule has 0 spiro atoms. The molecule has 6 heteroatoms. The second kappa shape index (κ2) is 9.04. The zero-order valence-electron chi connectivity index (χ0n) is 17.2. The first kappa shape index (κ1) is 20.7. The largest absolute Gasteiger partial charge is 0.843 e. The van der Waals surface area contributed by atoms with Gasteiger partial charge in [0.2, 0.25) is 5.78 Å². The number of carbonyl (C=O) groups excluding carboxylic acids is 1. The van der Waals surface area contributed by atoms with Crippen LogP contribution in [0.25, 0.3) is 10.9 Å². The van der Waals surface area contributed by atoms with Gasteiger partial charge in [0.15, 0.2) is 11.4 Å². The van der Waals surface area contributed by atoms with Crippen LogP contribution in [-0.4, -0.2) is 39.5 Å². The molecule has 0 radical (unpaired) electrons. The van der Waals surface area contributed by atoms with E-state index in [0.717, 1.165) is 16.7 Å². The summed E-state index contributed by atoms with van der Waals surface area (Å²) in [5, 5.41) is 22.5. The Balaban J connectivity index is 1.75. The number of fused-ring (bicyclic) bond motifs is 1. The summed E-state index contributed by atoms with van der Waals surface area (Å²) in [5.74, 6) is -0.610. The van der Waals surface area contributed by atoms with Gasteiger partial charge in [0.05, 0.1) is 0 Å². The quantitative estimate of drug-likeness (QED) is 0.371. The number of pyridine rings is 2. The molecule has 0 aliphatic carbocycles. The Bertz CT molecular complexity index is 1230. The van der Waals surface area contributed by atoms with Gasteiger partial charge >= 0.3 is 0 Å². The number of carbonyl (C=O) groups is 1. The first-order valence-electron chi connectivity index (χ1n) is 9.96. The molecular weight excluding hydrogens is 390 g/mol. The second-order valence-electron chi connectivity index (χ2n) is 7.57. The van der Waals surface area contributed by atoms with Gasteiger partial charge in [0.1, 0.15) is 5.52 Å². The molecule has 4 rings (SSSR count).